The largest absolute Gasteiger partial charge is 0.465 e. The van der Waals surface area contributed by atoms with Gasteiger partial charge in [-0.2, -0.15) is 0 Å². The van der Waals surface area contributed by atoms with Crippen LogP contribution >= 0.6 is 22.6 Å². The fraction of sp³-hybridized carbons (Fsp3) is 0.167. The summed E-state index contributed by atoms with van der Waals surface area (Å²) in [6.07, 6.45) is 5.77. The number of hydrogen-bond donors (Lipinski definition) is 0. The van der Waals surface area contributed by atoms with Gasteiger partial charge in [0.2, 0.25) is 0 Å². The topological polar surface area (TPSA) is 125 Å². The molecule has 1 aliphatic heterocycles. The summed E-state index contributed by atoms with van der Waals surface area (Å²) in [6.45, 7) is 0. The molecule has 0 N–H and O–H groups in total. The van der Waals surface area contributed by atoms with Crippen molar-refractivity contribution in [2.75, 3.05) is 26.2 Å². The molecule has 10 nitrogen and oxygen atoms in total. The summed E-state index contributed by atoms with van der Waals surface area (Å²) in [6, 6.07) is 2.25. The number of carbonyl (C=O) groups is 3. The van der Waals surface area contributed by atoms with E-state index in [9.17, 15) is 24.5 Å². The minimum absolute atomic E-state index is 0.102. The Morgan fingerprint density at radius 3 is 2.17 bits per heavy atom. The minimum atomic E-state index is -0.883. The molecule has 1 heterocycles. The quantitative estimate of drug-likeness (QED) is 0.192. The van der Waals surface area contributed by atoms with Crippen molar-refractivity contribution < 1.29 is 33.5 Å². The number of esters is 3. The van der Waals surface area contributed by atoms with Crippen LogP contribution in [0, 0.1) is 13.7 Å². The summed E-state index contributed by atoms with van der Waals surface area (Å²) in [5.41, 5.74) is -0.782. The first kappa shape index (κ1) is 22.1. The van der Waals surface area contributed by atoms with Gasteiger partial charge in [0.1, 0.15) is 5.70 Å². The van der Waals surface area contributed by atoms with Gasteiger partial charge < -0.3 is 19.1 Å². The number of carbonyl (C=O) groups excluding carboxylic acids is 3. The molecule has 11 heteroatoms. The monoisotopic (exact) mass is 514 g/mol. The van der Waals surface area contributed by atoms with E-state index >= 15 is 0 Å². The van der Waals surface area contributed by atoms with Gasteiger partial charge in [0, 0.05) is 21.9 Å². The van der Waals surface area contributed by atoms with Crippen LogP contribution in [-0.4, -0.2) is 44.2 Å². The maximum Gasteiger partial charge on any atom is 0.355 e. The molecular formula is C18H15IN2O8. The van der Waals surface area contributed by atoms with Crippen LogP contribution in [0.1, 0.15) is 10.4 Å². The van der Waals surface area contributed by atoms with Gasteiger partial charge in [-0.3, -0.25) is 10.1 Å². The molecule has 29 heavy (non-hydrogen) atoms. The summed E-state index contributed by atoms with van der Waals surface area (Å²) in [5.74, 6) is -2.56. The van der Waals surface area contributed by atoms with Gasteiger partial charge in [0.05, 0.1) is 43.1 Å². The van der Waals surface area contributed by atoms with Crippen molar-refractivity contribution >= 4 is 51.9 Å². The van der Waals surface area contributed by atoms with E-state index in [-0.39, 0.29) is 31.8 Å². The second-order valence-corrected chi connectivity index (χ2v) is 6.55. The van der Waals surface area contributed by atoms with Crippen molar-refractivity contribution in [3.05, 3.63) is 67.1 Å². The third-order valence-electron chi connectivity index (χ3n) is 3.79. The lowest BCUT2D eigenvalue weighted by Crippen LogP contribution is -2.29. The fourth-order valence-electron chi connectivity index (χ4n) is 2.54. The first-order valence-corrected chi connectivity index (χ1v) is 8.95. The molecule has 0 unspecified atom stereocenters. The van der Waals surface area contributed by atoms with Crippen LogP contribution < -0.4 is 4.90 Å². The lowest BCUT2D eigenvalue weighted by molar-refractivity contribution is -0.385. The van der Waals surface area contributed by atoms with Gasteiger partial charge in [-0.15, -0.1) is 0 Å². The molecule has 0 aliphatic carbocycles. The molecule has 0 aromatic heterocycles. The molecule has 0 spiro atoms. The van der Waals surface area contributed by atoms with Gasteiger partial charge in [-0.05, 0) is 34.7 Å². The SMILES string of the molecule is COC(=O)C1=C(C(=O)OC)N(c2c(I)cc([N+](=O)[O-])cc2C(=O)OC)C=CC=C1. The van der Waals surface area contributed by atoms with Crippen LogP contribution in [-0.2, 0) is 23.8 Å². The molecule has 0 amide bonds. The lowest BCUT2D eigenvalue weighted by Gasteiger charge is -2.25. The molecule has 2 rings (SSSR count). The van der Waals surface area contributed by atoms with Crippen molar-refractivity contribution in [2.24, 2.45) is 0 Å². The van der Waals surface area contributed by atoms with Crippen LogP contribution in [0.5, 0.6) is 0 Å². The highest BCUT2D eigenvalue weighted by molar-refractivity contribution is 14.1. The number of allylic oxidation sites excluding steroid dienone is 2. The average Bonchev–Trinajstić information content (AvgIpc) is 2.93. The number of ether oxygens (including phenoxy) is 3. The second kappa shape index (κ2) is 9.32. The molecule has 0 fully saturated rings. The van der Waals surface area contributed by atoms with Crippen LogP contribution in [0.2, 0.25) is 0 Å². The Morgan fingerprint density at radius 2 is 1.62 bits per heavy atom. The van der Waals surface area contributed by atoms with E-state index < -0.39 is 22.8 Å². The van der Waals surface area contributed by atoms with Crippen LogP contribution in [0.25, 0.3) is 0 Å². The third-order valence-corrected chi connectivity index (χ3v) is 4.62. The first-order valence-electron chi connectivity index (χ1n) is 7.88. The maximum atomic E-state index is 12.5. The van der Waals surface area contributed by atoms with E-state index in [4.69, 9.17) is 14.2 Å². The molecule has 0 radical (unpaired) electrons. The van der Waals surface area contributed by atoms with E-state index in [1.54, 1.807) is 22.6 Å². The number of anilines is 1. The summed E-state index contributed by atoms with van der Waals surface area (Å²) in [5, 5.41) is 11.2. The highest BCUT2D eigenvalue weighted by Crippen LogP contribution is 2.36. The molecule has 1 aromatic rings. The summed E-state index contributed by atoms with van der Waals surface area (Å²) in [7, 11) is 3.40. The normalized spacial score (nSPS) is 13.0. The zero-order chi connectivity index (χ0) is 21.7. The number of methoxy groups -OCH3 is 3. The predicted molar refractivity (Wildman–Crippen MR) is 109 cm³/mol. The average molecular weight is 514 g/mol. The number of halogens is 1. The van der Waals surface area contributed by atoms with Crippen molar-refractivity contribution in [2.45, 2.75) is 0 Å². The van der Waals surface area contributed by atoms with Crippen molar-refractivity contribution in [1.82, 2.24) is 0 Å². The van der Waals surface area contributed by atoms with Crippen molar-refractivity contribution in [1.29, 1.82) is 0 Å². The van der Waals surface area contributed by atoms with E-state index in [1.165, 1.54) is 35.4 Å². The van der Waals surface area contributed by atoms with Gasteiger partial charge >= 0.3 is 17.9 Å². The molecule has 0 saturated heterocycles. The number of benzene rings is 1. The van der Waals surface area contributed by atoms with E-state index in [0.717, 1.165) is 27.4 Å². The number of non-ortho nitro benzene ring substituents is 1. The predicted octanol–water partition coefficient (Wildman–Crippen LogP) is 2.48. The highest BCUT2D eigenvalue weighted by Gasteiger charge is 2.32. The fourth-order valence-corrected chi connectivity index (χ4v) is 3.41. The number of rotatable bonds is 5. The number of hydrogen-bond acceptors (Lipinski definition) is 9. The number of nitro benzene ring substituents is 1. The summed E-state index contributed by atoms with van der Waals surface area (Å²) < 4.78 is 14.6. The van der Waals surface area contributed by atoms with Gasteiger partial charge in [0.25, 0.3) is 5.69 Å². The van der Waals surface area contributed by atoms with Crippen LogP contribution in [0.15, 0.2) is 47.8 Å². The molecule has 1 aliphatic rings. The van der Waals surface area contributed by atoms with Crippen LogP contribution in [0.3, 0.4) is 0 Å². The van der Waals surface area contributed by atoms with Gasteiger partial charge in [-0.25, -0.2) is 14.4 Å². The lowest BCUT2D eigenvalue weighted by atomic mass is 10.1. The second-order valence-electron chi connectivity index (χ2n) is 5.39. The Bertz CT molecular complexity index is 980. The minimum Gasteiger partial charge on any atom is -0.465 e. The molecule has 0 bridgehead atoms. The molecule has 0 atom stereocenters. The number of nitro groups is 1. The number of nitrogens with zero attached hydrogens (tertiary/aromatic N) is 2. The molecule has 0 saturated carbocycles. The molecule has 152 valence electrons. The van der Waals surface area contributed by atoms with E-state index in [1.807, 2.05) is 0 Å². The van der Waals surface area contributed by atoms with Gasteiger partial charge in [0.15, 0.2) is 0 Å². The Balaban J connectivity index is 2.89. The first-order chi connectivity index (χ1) is 13.8. The Morgan fingerprint density at radius 1 is 1.00 bits per heavy atom. The molecular weight excluding hydrogens is 499 g/mol. The third kappa shape index (κ3) is 4.45. The van der Waals surface area contributed by atoms with E-state index in [0.29, 0.717) is 0 Å². The summed E-state index contributed by atoms with van der Waals surface area (Å²) >= 11 is 1.79. The summed E-state index contributed by atoms with van der Waals surface area (Å²) in [4.78, 5) is 49.0. The van der Waals surface area contributed by atoms with Gasteiger partial charge in [-0.1, -0.05) is 6.08 Å². The smallest absolute Gasteiger partial charge is 0.355 e. The Hall–Kier alpha value is -3.22. The molecule has 1 aromatic carbocycles. The Labute approximate surface area is 178 Å². The van der Waals surface area contributed by atoms with Crippen molar-refractivity contribution in [3.8, 4) is 0 Å². The zero-order valence-corrected chi connectivity index (χ0v) is 17.7. The zero-order valence-electron chi connectivity index (χ0n) is 15.5. The maximum absolute atomic E-state index is 12.5. The van der Waals surface area contributed by atoms with Crippen molar-refractivity contribution in [3.63, 3.8) is 0 Å². The van der Waals surface area contributed by atoms with E-state index in [2.05, 4.69) is 0 Å². The van der Waals surface area contributed by atoms with Crippen LogP contribution in [0.4, 0.5) is 11.4 Å². The Kier molecular flexibility index (Phi) is 7.09. The highest BCUT2D eigenvalue weighted by atomic mass is 127. The standard InChI is InChI=1S/C18H15IN2O8/c1-27-16(22)11-6-4-5-7-20(15(11)18(24)29-3)14-12(17(23)28-2)8-10(21(25)26)9-13(14)19/h4-9H,1-3H3.